The number of rotatable bonds is 5. The van der Waals surface area contributed by atoms with Crippen molar-refractivity contribution in [1.82, 2.24) is 9.21 Å². The van der Waals surface area contributed by atoms with E-state index in [9.17, 15) is 13.2 Å². The third kappa shape index (κ3) is 4.60. The number of fused-ring (bicyclic) bond motifs is 1. The fourth-order valence-electron chi connectivity index (χ4n) is 3.82. The highest BCUT2D eigenvalue weighted by molar-refractivity contribution is 7.89. The molecule has 0 aromatic heterocycles. The number of benzene rings is 3. The number of nitrogens with one attached hydrogen (secondary N) is 1. The van der Waals surface area contributed by atoms with Gasteiger partial charge in [-0.2, -0.15) is 4.31 Å². The lowest BCUT2D eigenvalue weighted by Gasteiger charge is -2.36. The number of anilines is 1. The van der Waals surface area contributed by atoms with Crippen LogP contribution in [0.4, 0.5) is 5.69 Å². The van der Waals surface area contributed by atoms with Crippen LogP contribution in [-0.4, -0.2) is 55.8 Å². The van der Waals surface area contributed by atoms with Gasteiger partial charge in [-0.15, -0.1) is 0 Å². The van der Waals surface area contributed by atoms with Crippen molar-refractivity contribution in [2.24, 2.45) is 0 Å². The van der Waals surface area contributed by atoms with E-state index in [2.05, 4.69) is 5.32 Å². The predicted molar refractivity (Wildman–Crippen MR) is 124 cm³/mol. The number of amides is 1. The molecule has 1 aliphatic rings. The maximum absolute atomic E-state index is 12.9. The van der Waals surface area contributed by atoms with Gasteiger partial charge in [-0.1, -0.05) is 48.0 Å². The highest BCUT2D eigenvalue weighted by atomic mass is 35.5. The summed E-state index contributed by atoms with van der Waals surface area (Å²) in [6.07, 6.45) is 0. The van der Waals surface area contributed by atoms with Crippen molar-refractivity contribution < 1.29 is 13.2 Å². The lowest BCUT2D eigenvalue weighted by Crippen LogP contribution is -2.53. The van der Waals surface area contributed by atoms with Gasteiger partial charge in [0.2, 0.25) is 15.9 Å². The zero-order valence-electron chi connectivity index (χ0n) is 17.2. The van der Waals surface area contributed by atoms with Gasteiger partial charge in [0.25, 0.3) is 0 Å². The van der Waals surface area contributed by atoms with Crippen LogP contribution in [0, 0.1) is 0 Å². The quantitative estimate of drug-likeness (QED) is 0.632. The Labute approximate surface area is 187 Å². The smallest absolute Gasteiger partial charge is 0.243 e. The molecule has 1 fully saturated rings. The van der Waals surface area contributed by atoms with Crippen LogP contribution in [0.1, 0.15) is 6.92 Å². The molecule has 8 heteroatoms. The normalized spacial score (nSPS) is 16.8. The molecule has 3 aromatic carbocycles. The van der Waals surface area contributed by atoms with E-state index in [1.165, 1.54) is 16.4 Å². The zero-order chi connectivity index (χ0) is 22.0. The minimum absolute atomic E-state index is 0.106. The van der Waals surface area contributed by atoms with Crippen LogP contribution >= 0.6 is 11.6 Å². The second-order valence-electron chi connectivity index (χ2n) is 7.59. The first kappa shape index (κ1) is 21.8. The van der Waals surface area contributed by atoms with Crippen LogP contribution < -0.4 is 5.32 Å². The molecule has 1 atom stereocenters. The first-order valence-corrected chi connectivity index (χ1v) is 12.0. The predicted octanol–water partition coefficient (Wildman–Crippen LogP) is 3.83. The average molecular weight is 458 g/mol. The number of nitrogens with zero attached hydrogens (tertiary/aromatic N) is 2. The number of halogens is 1. The van der Waals surface area contributed by atoms with E-state index in [1.54, 1.807) is 12.1 Å². The van der Waals surface area contributed by atoms with Crippen molar-refractivity contribution in [2.45, 2.75) is 17.9 Å². The molecule has 3 aromatic rings. The highest BCUT2D eigenvalue weighted by Crippen LogP contribution is 2.24. The van der Waals surface area contributed by atoms with Crippen molar-refractivity contribution in [3.63, 3.8) is 0 Å². The van der Waals surface area contributed by atoms with Gasteiger partial charge < -0.3 is 5.32 Å². The number of sulfonamides is 1. The Morgan fingerprint density at radius 2 is 1.58 bits per heavy atom. The zero-order valence-corrected chi connectivity index (χ0v) is 18.7. The summed E-state index contributed by atoms with van der Waals surface area (Å²) >= 11 is 5.87. The van der Waals surface area contributed by atoms with E-state index in [0.29, 0.717) is 31.2 Å². The molecule has 162 valence electrons. The molecular formula is C23H24ClN3O3S. The van der Waals surface area contributed by atoms with E-state index < -0.39 is 10.0 Å². The van der Waals surface area contributed by atoms with Gasteiger partial charge in [0.1, 0.15) is 0 Å². The van der Waals surface area contributed by atoms with Crippen molar-refractivity contribution in [3.05, 3.63) is 71.8 Å². The summed E-state index contributed by atoms with van der Waals surface area (Å²) in [5, 5.41) is 5.58. The summed E-state index contributed by atoms with van der Waals surface area (Å²) in [5.41, 5.74) is 0.777. The number of hydrogen-bond donors (Lipinski definition) is 1. The molecule has 0 spiro atoms. The van der Waals surface area contributed by atoms with Gasteiger partial charge in [0, 0.05) is 42.3 Å². The van der Waals surface area contributed by atoms with E-state index in [4.69, 9.17) is 11.6 Å². The van der Waals surface area contributed by atoms with Crippen molar-refractivity contribution in [3.8, 4) is 0 Å². The van der Waals surface area contributed by atoms with Crippen LogP contribution in [0.3, 0.4) is 0 Å². The molecule has 0 saturated carbocycles. The fourth-order valence-corrected chi connectivity index (χ4v) is 5.37. The third-order valence-corrected chi connectivity index (χ3v) is 7.86. The van der Waals surface area contributed by atoms with Crippen molar-refractivity contribution >= 4 is 44.0 Å². The molecule has 1 unspecified atom stereocenters. The monoisotopic (exact) mass is 457 g/mol. The highest BCUT2D eigenvalue weighted by Gasteiger charge is 2.31. The first-order chi connectivity index (χ1) is 14.9. The van der Waals surface area contributed by atoms with Crippen LogP contribution in [-0.2, 0) is 14.8 Å². The van der Waals surface area contributed by atoms with Crippen molar-refractivity contribution in [2.75, 3.05) is 31.5 Å². The number of carbonyl (C=O) groups excluding carboxylic acids is 1. The minimum Gasteiger partial charge on any atom is -0.324 e. The molecule has 1 aliphatic heterocycles. The molecule has 6 nitrogen and oxygen atoms in total. The molecule has 0 bridgehead atoms. The van der Waals surface area contributed by atoms with Crippen LogP contribution in [0.2, 0.25) is 5.02 Å². The maximum atomic E-state index is 12.9. The Hall–Kier alpha value is -2.45. The fraction of sp³-hybridized carbons (Fsp3) is 0.261. The Bertz CT molecular complexity index is 1180. The van der Waals surface area contributed by atoms with Gasteiger partial charge >= 0.3 is 0 Å². The Kier molecular flexibility index (Phi) is 6.29. The molecule has 1 amide bonds. The molecule has 0 aliphatic carbocycles. The third-order valence-electron chi connectivity index (χ3n) is 5.70. The molecule has 4 rings (SSSR count). The van der Waals surface area contributed by atoms with E-state index in [1.807, 2.05) is 54.3 Å². The molecular weight excluding hydrogens is 434 g/mol. The standard InChI is InChI=1S/C23H24ClN3O3S/c1-17(23(28)25-22-8-4-6-18-5-2-3-7-21(18)22)26-13-15-27(16-14-26)31(29,30)20-11-9-19(24)10-12-20/h2-12,17H,13-16H2,1H3,(H,25,28). The van der Waals surface area contributed by atoms with E-state index in [-0.39, 0.29) is 16.8 Å². The minimum atomic E-state index is -3.57. The summed E-state index contributed by atoms with van der Waals surface area (Å²) in [6.45, 7) is 3.48. The summed E-state index contributed by atoms with van der Waals surface area (Å²) in [6, 6.07) is 19.5. The van der Waals surface area contributed by atoms with E-state index in [0.717, 1.165) is 16.5 Å². The van der Waals surface area contributed by atoms with Crippen LogP contribution in [0.25, 0.3) is 10.8 Å². The maximum Gasteiger partial charge on any atom is 0.243 e. The topological polar surface area (TPSA) is 69.7 Å². The Morgan fingerprint density at radius 1 is 0.935 bits per heavy atom. The summed E-state index contributed by atoms with van der Waals surface area (Å²) < 4.78 is 27.2. The summed E-state index contributed by atoms with van der Waals surface area (Å²) in [4.78, 5) is 15.1. The SMILES string of the molecule is CC(C(=O)Nc1cccc2ccccc12)N1CCN(S(=O)(=O)c2ccc(Cl)cc2)CC1. The Balaban J connectivity index is 1.40. The average Bonchev–Trinajstić information content (AvgIpc) is 2.79. The number of piperazine rings is 1. The van der Waals surface area contributed by atoms with Gasteiger partial charge in [-0.25, -0.2) is 8.42 Å². The Morgan fingerprint density at radius 3 is 2.29 bits per heavy atom. The first-order valence-electron chi connectivity index (χ1n) is 10.1. The number of hydrogen-bond acceptors (Lipinski definition) is 4. The van der Waals surface area contributed by atoms with Gasteiger partial charge in [-0.05, 0) is 42.6 Å². The second-order valence-corrected chi connectivity index (χ2v) is 9.96. The largest absolute Gasteiger partial charge is 0.324 e. The molecule has 1 heterocycles. The van der Waals surface area contributed by atoms with E-state index >= 15 is 0 Å². The van der Waals surface area contributed by atoms with Crippen LogP contribution in [0.5, 0.6) is 0 Å². The molecule has 31 heavy (non-hydrogen) atoms. The van der Waals surface area contributed by atoms with Gasteiger partial charge in [-0.3, -0.25) is 9.69 Å². The van der Waals surface area contributed by atoms with Crippen LogP contribution in [0.15, 0.2) is 71.6 Å². The molecule has 0 radical (unpaired) electrons. The molecule has 1 N–H and O–H groups in total. The summed E-state index contributed by atoms with van der Waals surface area (Å²) in [5.74, 6) is -0.106. The summed E-state index contributed by atoms with van der Waals surface area (Å²) in [7, 11) is -3.57. The van der Waals surface area contributed by atoms with Crippen molar-refractivity contribution in [1.29, 1.82) is 0 Å². The number of carbonyl (C=O) groups is 1. The second kappa shape index (κ2) is 8.96. The van der Waals surface area contributed by atoms with Gasteiger partial charge in [0.05, 0.1) is 10.9 Å². The lowest BCUT2D eigenvalue weighted by molar-refractivity contribution is -0.121. The lowest BCUT2D eigenvalue weighted by atomic mass is 10.1. The van der Waals surface area contributed by atoms with Gasteiger partial charge in [0.15, 0.2) is 0 Å². The molecule has 1 saturated heterocycles.